The Morgan fingerprint density at radius 2 is 2.21 bits per heavy atom. The molecule has 0 saturated carbocycles. The van der Waals surface area contributed by atoms with Gasteiger partial charge in [-0.15, -0.1) is 0 Å². The fourth-order valence-electron chi connectivity index (χ4n) is 2.17. The molecule has 2 nitrogen and oxygen atoms in total. The Labute approximate surface area is 87.5 Å². The Morgan fingerprint density at radius 3 is 2.71 bits per heavy atom. The van der Waals surface area contributed by atoms with Crippen molar-refractivity contribution in [2.45, 2.75) is 52.5 Å². The molecular weight excluding hydrogens is 174 g/mol. The monoisotopic (exact) mass is 197 g/mol. The smallest absolute Gasteiger partial charge is 0.137 e. The van der Waals surface area contributed by atoms with Gasteiger partial charge in [-0.1, -0.05) is 20.3 Å². The topological polar surface area (TPSA) is 29.1 Å². The van der Waals surface area contributed by atoms with Gasteiger partial charge in [0.1, 0.15) is 5.78 Å². The van der Waals surface area contributed by atoms with E-state index < -0.39 is 0 Å². The molecule has 2 atom stereocenters. The van der Waals surface area contributed by atoms with Crippen molar-refractivity contribution in [1.82, 2.24) is 5.32 Å². The minimum Gasteiger partial charge on any atom is -0.314 e. The van der Waals surface area contributed by atoms with E-state index in [1.165, 1.54) is 6.42 Å². The third-order valence-corrected chi connectivity index (χ3v) is 3.14. The van der Waals surface area contributed by atoms with Crippen LogP contribution in [0.3, 0.4) is 0 Å². The average Bonchev–Trinajstić information content (AvgIpc) is 2.50. The van der Waals surface area contributed by atoms with E-state index >= 15 is 0 Å². The summed E-state index contributed by atoms with van der Waals surface area (Å²) < 4.78 is 0. The van der Waals surface area contributed by atoms with Crippen LogP contribution in [0.2, 0.25) is 0 Å². The van der Waals surface area contributed by atoms with E-state index in [0.29, 0.717) is 17.7 Å². The van der Waals surface area contributed by atoms with Gasteiger partial charge in [0.05, 0.1) is 0 Å². The highest BCUT2D eigenvalue weighted by Crippen LogP contribution is 2.19. The molecule has 0 aromatic heterocycles. The third kappa shape index (κ3) is 3.41. The summed E-state index contributed by atoms with van der Waals surface area (Å²) in [4.78, 5) is 11.8. The first kappa shape index (κ1) is 11.7. The van der Waals surface area contributed by atoms with Gasteiger partial charge in [-0.05, 0) is 32.2 Å². The predicted molar refractivity (Wildman–Crippen MR) is 59.3 cm³/mol. The van der Waals surface area contributed by atoms with Crippen LogP contribution in [0.4, 0.5) is 0 Å². The summed E-state index contributed by atoms with van der Waals surface area (Å²) in [5.74, 6) is 1.49. The van der Waals surface area contributed by atoms with Gasteiger partial charge in [0.2, 0.25) is 0 Å². The summed E-state index contributed by atoms with van der Waals surface area (Å²) in [5.41, 5.74) is 0. The quantitative estimate of drug-likeness (QED) is 0.733. The molecule has 2 unspecified atom stereocenters. The number of carbonyl (C=O) groups excluding carboxylic acids is 1. The fourth-order valence-corrected chi connectivity index (χ4v) is 2.17. The zero-order valence-electron chi connectivity index (χ0n) is 9.68. The summed E-state index contributed by atoms with van der Waals surface area (Å²) in [7, 11) is 0. The Morgan fingerprint density at radius 1 is 1.50 bits per heavy atom. The summed E-state index contributed by atoms with van der Waals surface area (Å²) in [5, 5.41) is 3.33. The van der Waals surface area contributed by atoms with Crippen molar-refractivity contribution in [2.75, 3.05) is 6.54 Å². The Hall–Kier alpha value is -0.370. The van der Waals surface area contributed by atoms with Crippen LogP contribution >= 0.6 is 0 Å². The minimum absolute atomic E-state index is 0.294. The molecule has 1 N–H and O–H groups in total. The third-order valence-electron chi connectivity index (χ3n) is 3.14. The number of hydrogen-bond donors (Lipinski definition) is 1. The van der Waals surface area contributed by atoms with E-state index in [1.807, 2.05) is 0 Å². The molecule has 1 aliphatic rings. The van der Waals surface area contributed by atoms with Crippen LogP contribution < -0.4 is 5.32 Å². The van der Waals surface area contributed by atoms with Gasteiger partial charge >= 0.3 is 0 Å². The van der Waals surface area contributed by atoms with Crippen LogP contribution in [0, 0.1) is 11.8 Å². The van der Waals surface area contributed by atoms with Crippen molar-refractivity contribution in [3.8, 4) is 0 Å². The Bertz CT molecular complexity index is 189. The zero-order valence-corrected chi connectivity index (χ0v) is 9.68. The maximum atomic E-state index is 11.8. The van der Waals surface area contributed by atoms with Crippen molar-refractivity contribution in [3.63, 3.8) is 0 Å². The van der Waals surface area contributed by atoms with E-state index in [4.69, 9.17) is 0 Å². The standard InChI is InChI=1S/C12H23NO/c1-9(2)5-4-6-12(14)11-7-8-13-10(11)3/h9-11,13H,4-8H2,1-3H3. The van der Waals surface area contributed by atoms with Gasteiger partial charge in [-0.25, -0.2) is 0 Å². The van der Waals surface area contributed by atoms with E-state index in [1.54, 1.807) is 0 Å². The maximum absolute atomic E-state index is 11.8. The lowest BCUT2D eigenvalue weighted by Gasteiger charge is -2.13. The number of ketones is 1. The predicted octanol–water partition coefficient (Wildman–Crippen LogP) is 2.38. The molecule has 1 saturated heterocycles. The van der Waals surface area contributed by atoms with E-state index in [9.17, 15) is 4.79 Å². The molecule has 82 valence electrons. The molecular formula is C12H23NO. The molecule has 14 heavy (non-hydrogen) atoms. The lowest BCUT2D eigenvalue weighted by Crippen LogP contribution is -2.28. The average molecular weight is 197 g/mol. The number of Topliss-reactive ketones (excluding diaryl/α,β-unsaturated/α-hetero) is 1. The number of hydrogen-bond acceptors (Lipinski definition) is 2. The first-order valence-corrected chi connectivity index (χ1v) is 5.87. The van der Waals surface area contributed by atoms with Gasteiger partial charge in [-0.3, -0.25) is 4.79 Å². The fraction of sp³-hybridized carbons (Fsp3) is 0.917. The number of nitrogens with one attached hydrogen (secondary N) is 1. The minimum atomic E-state index is 0.294. The van der Waals surface area contributed by atoms with Crippen LogP contribution in [0.15, 0.2) is 0 Å². The second-order valence-corrected chi connectivity index (χ2v) is 4.89. The lowest BCUT2D eigenvalue weighted by molar-refractivity contribution is -0.123. The molecule has 1 aliphatic heterocycles. The second-order valence-electron chi connectivity index (χ2n) is 4.89. The molecule has 0 bridgehead atoms. The highest BCUT2D eigenvalue weighted by molar-refractivity contribution is 5.81. The van der Waals surface area contributed by atoms with Crippen molar-refractivity contribution in [2.24, 2.45) is 11.8 Å². The first-order chi connectivity index (χ1) is 6.61. The summed E-state index contributed by atoms with van der Waals surface area (Å²) in [6.07, 6.45) is 4.08. The lowest BCUT2D eigenvalue weighted by atomic mass is 9.92. The van der Waals surface area contributed by atoms with Crippen LogP contribution in [-0.4, -0.2) is 18.4 Å². The first-order valence-electron chi connectivity index (χ1n) is 5.87. The van der Waals surface area contributed by atoms with E-state index in [2.05, 4.69) is 26.1 Å². The van der Waals surface area contributed by atoms with Crippen LogP contribution in [0.5, 0.6) is 0 Å². The van der Waals surface area contributed by atoms with Gasteiger partial charge in [-0.2, -0.15) is 0 Å². The van der Waals surface area contributed by atoms with Crippen molar-refractivity contribution < 1.29 is 4.79 Å². The van der Waals surface area contributed by atoms with Gasteiger partial charge < -0.3 is 5.32 Å². The normalized spacial score (nSPS) is 27.1. The summed E-state index contributed by atoms with van der Waals surface area (Å²) in [6, 6.07) is 0.404. The molecule has 0 aliphatic carbocycles. The van der Waals surface area contributed by atoms with Crippen molar-refractivity contribution >= 4 is 5.78 Å². The number of carbonyl (C=O) groups is 1. The Kier molecular flexibility index (Phi) is 4.59. The SMILES string of the molecule is CC(C)CCCC(=O)C1CCNC1C. The summed E-state index contributed by atoms with van der Waals surface area (Å²) >= 11 is 0. The number of rotatable bonds is 5. The highest BCUT2D eigenvalue weighted by Gasteiger charge is 2.28. The van der Waals surface area contributed by atoms with Gasteiger partial charge in [0.25, 0.3) is 0 Å². The molecule has 1 heterocycles. The maximum Gasteiger partial charge on any atom is 0.137 e. The Balaban J connectivity index is 2.21. The summed E-state index contributed by atoms with van der Waals surface area (Å²) in [6.45, 7) is 7.56. The molecule has 1 rings (SSSR count). The molecule has 0 aromatic carbocycles. The van der Waals surface area contributed by atoms with Crippen LogP contribution in [0.25, 0.3) is 0 Å². The molecule has 2 heteroatoms. The second kappa shape index (κ2) is 5.50. The van der Waals surface area contributed by atoms with E-state index in [-0.39, 0.29) is 0 Å². The van der Waals surface area contributed by atoms with Gasteiger partial charge in [0, 0.05) is 18.4 Å². The van der Waals surface area contributed by atoms with Crippen molar-refractivity contribution in [1.29, 1.82) is 0 Å². The molecule has 0 amide bonds. The largest absolute Gasteiger partial charge is 0.314 e. The molecule has 1 fully saturated rings. The van der Waals surface area contributed by atoms with Crippen LogP contribution in [-0.2, 0) is 4.79 Å². The van der Waals surface area contributed by atoms with Crippen molar-refractivity contribution in [3.05, 3.63) is 0 Å². The van der Waals surface area contributed by atoms with Gasteiger partial charge in [0.15, 0.2) is 0 Å². The molecule has 0 spiro atoms. The van der Waals surface area contributed by atoms with E-state index in [0.717, 1.165) is 31.7 Å². The zero-order chi connectivity index (χ0) is 10.6. The highest BCUT2D eigenvalue weighted by atomic mass is 16.1. The molecule has 0 aromatic rings. The molecule has 0 radical (unpaired) electrons. The van der Waals surface area contributed by atoms with Crippen LogP contribution in [0.1, 0.15) is 46.5 Å².